The van der Waals surface area contributed by atoms with Gasteiger partial charge in [0.25, 0.3) is 11.5 Å². The molecule has 0 aliphatic rings. The van der Waals surface area contributed by atoms with E-state index in [2.05, 4.69) is 4.98 Å². The molecule has 0 aliphatic carbocycles. The fraction of sp³-hybridized carbons (Fsp3) is 0.160. The Kier molecular flexibility index (Phi) is 7.07. The van der Waals surface area contributed by atoms with E-state index in [-0.39, 0.29) is 24.6 Å². The number of halogens is 1. The van der Waals surface area contributed by atoms with Crippen LogP contribution >= 0.6 is 11.6 Å². The van der Waals surface area contributed by atoms with Crippen LogP contribution < -0.4 is 26.6 Å². The summed E-state index contributed by atoms with van der Waals surface area (Å²) in [5.41, 5.74) is 5.46. The lowest BCUT2D eigenvalue weighted by atomic mass is 10.2. The maximum Gasteiger partial charge on any atom is 0.330 e. The van der Waals surface area contributed by atoms with Gasteiger partial charge in [-0.3, -0.25) is 24.0 Å². The van der Waals surface area contributed by atoms with E-state index in [9.17, 15) is 14.4 Å². The zero-order valence-electron chi connectivity index (χ0n) is 18.8. The molecule has 0 saturated heterocycles. The first-order valence-corrected chi connectivity index (χ1v) is 11.1. The Balaban J connectivity index is 1.74. The van der Waals surface area contributed by atoms with Gasteiger partial charge in [-0.2, -0.15) is 0 Å². The van der Waals surface area contributed by atoms with Crippen LogP contribution in [0.15, 0.2) is 87.0 Å². The van der Waals surface area contributed by atoms with Crippen molar-refractivity contribution >= 4 is 29.0 Å². The number of H-pyrrole nitrogens is 1. The van der Waals surface area contributed by atoms with Gasteiger partial charge in [0.2, 0.25) is 0 Å². The summed E-state index contributed by atoms with van der Waals surface area (Å²) in [5.74, 6) is 0.0705. The third kappa shape index (κ3) is 5.47. The Bertz CT molecular complexity index is 1430. The Labute approximate surface area is 205 Å². The topological polar surface area (TPSA) is 124 Å². The van der Waals surface area contributed by atoms with Gasteiger partial charge < -0.3 is 14.9 Å². The minimum absolute atomic E-state index is 0.104. The molecule has 0 radical (unpaired) electrons. The summed E-state index contributed by atoms with van der Waals surface area (Å²) in [4.78, 5) is 42.5. The molecular formula is C25H23ClN4O5. The zero-order valence-corrected chi connectivity index (χ0v) is 19.6. The van der Waals surface area contributed by atoms with E-state index in [4.69, 9.17) is 26.5 Å². The zero-order chi connectivity index (χ0) is 24.9. The molecule has 1 atom stereocenters. The highest BCUT2D eigenvalue weighted by atomic mass is 35.5. The molecule has 2 heterocycles. The number of rotatable bonds is 8. The molecule has 10 heteroatoms. The SMILES string of the molecule is CC(Oc1cccc(Cl)c1)C(=O)N(Cc1ccco1)c1c(N)n(Cc2ccccc2)c(=O)[nH]c1=O. The summed E-state index contributed by atoms with van der Waals surface area (Å²) in [7, 11) is 0. The Morgan fingerprint density at radius 3 is 2.60 bits per heavy atom. The number of nitrogens with two attached hydrogens (primary N) is 1. The van der Waals surface area contributed by atoms with Crippen molar-refractivity contribution in [2.75, 3.05) is 10.6 Å². The van der Waals surface area contributed by atoms with E-state index < -0.39 is 23.3 Å². The lowest BCUT2D eigenvalue weighted by Crippen LogP contribution is -2.45. The number of nitrogen functional groups attached to an aromatic ring is 1. The fourth-order valence-corrected chi connectivity index (χ4v) is 3.78. The molecule has 2 aromatic carbocycles. The first-order chi connectivity index (χ1) is 16.8. The van der Waals surface area contributed by atoms with Crippen molar-refractivity contribution in [2.24, 2.45) is 0 Å². The third-order valence-corrected chi connectivity index (χ3v) is 5.52. The number of aromatic nitrogens is 2. The minimum atomic E-state index is -1.02. The normalized spacial score (nSPS) is 11.7. The fourth-order valence-electron chi connectivity index (χ4n) is 3.60. The van der Waals surface area contributed by atoms with Gasteiger partial charge in [0.05, 0.1) is 19.4 Å². The number of amides is 1. The Morgan fingerprint density at radius 1 is 1.14 bits per heavy atom. The average Bonchev–Trinajstić information content (AvgIpc) is 3.34. The smallest absolute Gasteiger partial charge is 0.330 e. The van der Waals surface area contributed by atoms with Crippen molar-refractivity contribution in [1.82, 2.24) is 9.55 Å². The molecule has 2 aromatic heterocycles. The number of hydrogen-bond acceptors (Lipinski definition) is 6. The lowest BCUT2D eigenvalue weighted by molar-refractivity contribution is -0.124. The monoisotopic (exact) mass is 494 g/mol. The number of aromatic amines is 1. The number of nitrogens with one attached hydrogen (secondary N) is 1. The molecule has 0 fully saturated rings. The van der Waals surface area contributed by atoms with Crippen molar-refractivity contribution in [3.8, 4) is 5.75 Å². The highest BCUT2D eigenvalue weighted by Crippen LogP contribution is 2.24. The third-order valence-electron chi connectivity index (χ3n) is 5.28. The highest BCUT2D eigenvalue weighted by molar-refractivity contribution is 6.30. The van der Waals surface area contributed by atoms with Gasteiger partial charge >= 0.3 is 5.69 Å². The molecule has 0 aliphatic heterocycles. The molecule has 1 amide bonds. The number of ether oxygens (including phenoxy) is 1. The second-order valence-corrected chi connectivity index (χ2v) is 8.22. The van der Waals surface area contributed by atoms with Gasteiger partial charge in [-0.25, -0.2) is 4.79 Å². The van der Waals surface area contributed by atoms with E-state index in [1.165, 1.54) is 10.8 Å². The van der Waals surface area contributed by atoms with Crippen molar-refractivity contribution in [1.29, 1.82) is 0 Å². The van der Waals surface area contributed by atoms with Gasteiger partial charge in [-0.05, 0) is 42.8 Å². The van der Waals surface area contributed by atoms with Gasteiger partial charge in [0.1, 0.15) is 17.3 Å². The van der Waals surface area contributed by atoms with Crippen molar-refractivity contribution < 1.29 is 13.9 Å². The van der Waals surface area contributed by atoms with E-state index in [0.29, 0.717) is 16.5 Å². The number of nitrogens with zero attached hydrogens (tertiary/aromatic N) is 2. The van der Waals surface area contributed by atoms with Gasteiger partial charge in [0, 0.05) is 5.02 Å². The highest BCUT2D eigenvalue weighted by Gasteiger charge is 2.30. The molecule has 4 aromatic rings. The molecule has 3 N–H and O–H groups in total. The van der Waals surface area contributed by atoms with Crippen LogP contribution in [-0.4, -0.2) is 21.6 Å². The number of carbonyl (C=O) groups is 1. The van der Waals surface area contributed by atoms with Crippen LogP contribution in [-0.2, 0) is 17.9 Å². The summed E-state index contributed by atoms with van der Waals surface area (Å²) < 4.78 is 12.4. The molecule has 180 valence electrons. The molecule has 35 heavy (non-hydrogen) atoms. The number of carbonyl (C=O) groups excluding carboxylic acids is 1. The largest absolute Gasteiger partial charge is 0.481 e. The standard InChI is InChI=1S/C25H23ClN4O5/c1-16(35-19-10-5-9-18(26)13-19)24(32)29(15-20-11-6-12-34-20)21-22(27)30(25(33)28-23(21)31)14-17-7-3-2-4-8-17/h2-13,16H,14-15,27H2,1H3,(H,28,31,33). The van der Waals surface area contributed by atoms with Crippen LogP contribution in [0, 0.1) is 0 Å². The molecule has 0 spiro atoms. The first-order valence-electron chi connectivity index (χ1n) is 10.8. The van der Waals surface area contributed by atoms with Crippen LogP contribution in [0.25, 0.3) is 0 Å². The molecule has 0 bridgehead atoms. The Hall–Kier alpha value is -4.24. The number of benzene rings is 2. The van der Waals surface area contributed by atoms with Crippen molar-refractivity contribution in [3.63, 3.8) is 0 Å². The van der Waals surface area contributed by atoms with Crippen LogP contribution in [0.5, 0.6) is 5.75 Å². The molecular weight excluding hydrogens is 472 g/mol. The Morgan fingerprint density at radius 2 is 1.91 bits per heavy atom. The van der Waals surface area contributed by atoms with E-state index in [0.717, 1.165) is 10.5 Å². The van der Waals surface area contributed by atoms with E-state index in [1.54, 1.807) is 43.3 Å². The van der Waals surface area contributed by atoms with Crippen LogP contribution in [0.3, 0.4) is 0 Å². The van der Waals surface area contributed by atoms with Crippen molar-refractivity contribution in [3.05, 3.63) is 110 Å². The predicted octanol–water partition coefficient (Wildman–Crippen LogP) is 3.41. The lowest BCUT2D eigenvalue weighted by Gasteiger charge is -2.26. The second kappa shape index (κ2) is 10.4. The first kappa shape index (κ1) is 23.9. The quantitative estimate of drug-likeness (QED) is 0.387. The van der Waals surface area contributed by atoms with Crippen LogP contribution in [0.2, 0.25) is 5.02 Å². The molecule has 4 rings (SSSR count). The van der Waals surface area contributed by atoms with Gasteiger partial charge in [-0.15, -0.1) is 0 Å². The van der Waals surface area contributed by atoms with Crippen LogP contribution in [0.4, 0.5) is 11.5 Å². The predicted molar refractivity (Wildman–Crippen MR) is 133 cm³/mol. The van der Waals surface area contributed by atoms with E-state index >= 15 is 0 Å². The number of anilines is 2. The summed E-state index contributed by atoms with van der Waals surface area (Å²) in [5, 5.41) is 0.447. The van der Waals surface area contributed by atoms with Gasteiger partial charge in [0.15, 0.2) is 11.8 Å². The van der Waals surface area contributed by atoms with Crippen molar-refractivity contribution in [2.45, 2.75) is 26.1 Å². The number of furan rings is 1. The molecule has 1 unspecified atom stereocenters. The molecule has 0 saturated carbocycles. The minimum Gasteiger partial charge on any atom is -0.481 e. The second-order valence-electron chi connectivity index (χ2n) is 7.79. The number of hydrogen-bond donors (Lipinski definition) is 2. The maximum atomic E-state index is 13.5. The summed E-state index contributed by atoms with van der Waals surface area (Å²) in [6, 6.07) is 19.1. The summed E-state index contributed by atoms with van der Waals surface area (Å²) in [6.45, 7) is 1.54. The maximum absolute atomic E-state index is 13.5. The van der Waals surface area contributed by atoms with Gasteiger partial charge in [-0.1, -0.05) is 48.0 Å². The molecule has 9 nitrogen and oxygen atoms in total. The average molecular weight is 495 g/mol. The van der Waals surface area contributed by atoms with E-state index in [1.807, 2.05) is 30.3 Å². The summed E-state index contributed by atoms with van der Waals surface area (Å²) >= 11 is 6.02. The van der Waals surface area contributed by atoms with Crippen LogP contribution in [0.1, 0.15) is 18.2 Å². The summed E-state index contributed by atoms with van der Waals surface area (Å²) in [6.07, 6.45) is 0.435.